The number of benzene rings is 3. The number of pyridine rings is 1. The van der Waals surface area contributed by atoms with Crippen LogP contribution in [0.4, 0.5) is 0 Å². The summed E-state index contributed by atoms with van der Waals surface area (Å²) >= 11 is 0. The number of fused-ring (bicyclic) bond motifs is 1. The molecule has 0 aliphatic rings. The van der Waals surface area contributed by atoms with E-state index in [4.69, 9.17) is 0 Å². The highest BCUT2D eigenvalue weighted by Gasteiger charge is 2.15. The van der Waals surface area contributed by atoms with Crippen LogP contribution in [0.3, 0.4) is 0 Å². The molecule has 0 radical (unpaired) electrons. The number of para-hydroxylation sites is 1. The van der Waals surface area contributed by atoms with E-state index in [-0.39, 0.29) is 23.6 Å². The first-order chi connectivity index (χ1) is 15.5. The van der Waals surface area contributed by atoms with Crippen LogP contribution in [-0.2, 0) is 19.6 Å². The summed E-state index contributed by atoms with van der Waals surface area (Å²) in [7, 11) is 0. The van der Waals surface area contributed by atoms with Crippen LogP contribution < -0.4 is 10.9 Å². The molecule has 4 aromatic rings. The zero-order chi connectivity index (χ0) is 22.5. The number of hydrogen-bond acceptors (Lipinski definition) is 3. The summed E-state index contributed by atoms with van der Waals surface area (Å²) in [4.78, 5) is 26.2. The summed E-state index contributed by atoms with van der Waals surface area (Å²) in [5.41, 5.74) is 4.67. The van der Waals surface area contributed by atoms with Gasteiger partial charge in [-0.1, -0.05) is 72.3 Å². The smallest absolute Gasteiger partial charge is 0.264 e. The van der Waals surface area contributed by atoms with Crippen LogP contribution in [0.2, 0.25) is 0 Å². The second-order valence-corrected chi connectivity index (χ2v) is 7.97. The average Bonchev–Trinajstić information content (AvgIpc) is 2.82. The molecule has 0 saturated heterocycles. The number of hydrogen-bond donors (Lipinski definition) is 2. The summed E-state index contributed by atoms with van der Waals surface area (Å²) in [6, 6.07) is 24.9. The van der Waals surface area contributed by atoms with E-state index < -0.39 is 0 Å². The number of carbonyl (C=O) groups is 1. The zero-order valence-corrected chi connectivity index (χ0v) is 18.0. The Labute approximate surface area is 187 Å². The van der Waals surface area contributed by atoms with Crippen LogP contribution in [0.15, 0.2) is 83.7 Å². The minimum absolute atomic E-state index is 0.0264. The van der Waals surface area contributed by atoms with Gasteiger partial charge in [0.25, 0.3) is 11.5 Å². The summed E-state index contributed by atoms with van der Waals surface area (Å²) in [6.45, 7) is 2.81. The quantitative estimate of drug-likeness (QED) is 0.472. The maximum atomic E-state index is 13.3. The maximum absolute atomic E-state index is 13.3. The van der Waals surface area contributed by atoms with E-state index in [9.17, 15) is 14.7 Å². The molecule has 0 bridgehead atoms. The zero-order valence-electron chi connectivity index (χ0n) is 18.0. The molecule has 0 aliphatic heterocycles. The third kappa shape index (κ3) is 4.79. The lowest BCUT2D eigenvalue weighted by Gasteiger charge is -2.14. The van der Waals surface area contributed by atoms with E-state index in [1.165, 1.54) is 5.56 Å². The number of aliphatic hydroxyl groups is 1. The Bertz CT molecular complexity index is 1290. The third-order valence-corrected chi connectivity index (χ3v) is 5.61. The molecular formula is C27H26N2O3. The van der Waals surface area contributed by atoms with Crippen molar-refractivity contribution in [2.45, 2.75) is 26.5 Å². The molecule has 5 heteroatoms. The number of amides is 1. The minimum atomic E-state index is -0.364. The van der Waals surface area contributed by atoms with Crippen molar-refractivity contribution in [3.8, 4) is 0 Å². The lowest BCUT2D eigenvalue weighted by Crippen LogP contribution is -2.34. The number of aromatic nitrogens is 1. The molecule has 5 nitrogen and oxygen atoms in total. The molecule has 3 aromatic carbocycles. The molecule has 1 amide bonds. The van der Waals surface area contributed by atoms with Crippen LogP contribution in [-0.4, -0.2) is 22.1 Å². The van der Waals surface area contributed by atoms with Gasteiger partial charge in [0.2, 0.25) is 0 Å². The highest BCUT2D eigenvalue weighted by molar-refractivity contribution is 5.97. The van der Waals surface area contributed by atoms with Gasteiger partial charge >= 0.3 is 0 Å². The summed E-state index contributed by atoms with van der Waals surface area (Å²) < 4.78 is 1.64. The molecular weight excluding hydrogens is 400 g/mol. The average molecular weight is 427 g/mol. The van der Waals surface area contributed by atoms with Crippen molar-refractivity contribution in [3.05, 3.63) is 117 Å². The first kappa shape index (κ1) is 21.5. The monoisotopic (exact) mass is 426 g/mol. The largest absolute Gasteiger partial charge is 0.392 e. The number of carbonyl (C=O) groups excluding carboxylic acids is 1. The fraction of sp³-hybridized carbons (Fsp3) is 0.185. The maximum Gasteiger partial charge on any atom is 0.264 e. The van der Waals surface area contributed by atoms with Crippen molar-refractivity contribution in [2.24, 2.45) is 0 Å². The van der Waals surface area contributed by atoms with Gasteiger partial charge in [0, 0.05) is 6.54 Å². The van der Waals surface area contributed by atoms with Gasteiger partial charge in [-0.05, 0) is 47.6 Å². The van der Waals surface area contributed by atoms with Crippen molar-refractivity contribution in [2.75, 3.05) is 6.54 Å². The highest BCUT2D eigenvalue weighted by Crippen LogP contribution is 2.16. The van der Waals surface area contributed by atoms with E-state index >= 15 is 0 Å². The van der Waals surface area contributed by atoms with Gasteiger partial charge in [-0.25, -0.2) is 0 Å². The predicted octanol–water partition coefficient (Wildman–Crippen LogP) is 3.82. The Kier molecular flexibility index (Phi) is 6.47. The fourth-order valence-electron chi connectivity index (χ4n) is 3.75. The number of nitrogens with zero attached hydrogens (tertiary/aromatic N) is 1. The lowest BCUT2D eigenvalue weighted by molar-refractivity contribution is 0.0952. The van der Waals surface area contributed by atoms with Crippen molar-refractivity contribution in [1.29, 1.82) is 0 Å². The molecule has 162 valence electrons. The Morgan fingerprint density at radius 3 is 2.28 bits per heavy atom. The van der Waals surface area contributed by atoms with Gasteiger partial charge in [-0.2, -0.15) is 0 Å². The van der Waals surface area contributed by atoms with Crippen LogP contribution in [0, 0.1) is 6.92 Å². The first-order valence-corrected chi connectivity index (χ1v) is 10.7. The number of aliphatic hydroxyl groups excluding tert-OH is 1. The van der Waals surface area contributed by atoms with E-state index in [2.05, 4.69) is 5.32 Å². The van der Waals surface area contributed by atoms with Gasteiger partial charge in [0.15, 0.2) is 0 Å². The van der Waals surface area contributed by atoms with Gasteiger partial charge < -0.3 is 15.0 Å². The topological polar surface area (TPSA) is 71.3 Å². The first-order valence-electron chi connectivity index (χ1n) is 10.7. The van der Waals surface area contributed by atoms with Crippen molar-refractivity contribution in [3.63, 3.8) is 0 Å². The van der Waals surface area contributed by atoms with Crippen LogP contribution in [0.1, 0.15) is 32.6 Å². The molecule has 0 fully saturated rings. The number of rotatable bonds is 7. The lowest BCUT2D eigenvalue weighted by atomic mass is 10.1. The van der Waals surface area contributed by atoms with Crippen LogP contribution in [0.25, 0.3) is 10.9 Å². The molecule has 1 aromatic heterocycles. The molecule has 0 saturated carbocycles. The summed E-state index contributed by atoms with van der Waals surface area (Å²) in [5, 5.41) is 13.0. The standard InChI is InChI=1S/C27H26N2O3/c1-19-6-8-20(9-7-19)14-15-28-26(31)24-16-23-4-2-3-5-25(23)29(27(24)32)17-21-10-12-22(18-30)13-11-21/h2-13,16,30H,14-15,17-18H2,1H3,(H,28,31). The SMILES string of the molecule is Cc1ccc(CCNC(=O)c2cc3ccccc3n(Cc3ccc(CO)cc3)c2=O)cc1. The van der Waals surface area contributed by atoms with Crippen molar-refractivity contribution >= 4 is 16.8 Å². The van der Waals surface area contributed by atoms with Crippen LogP contribution >= 0.6 is 0 Å². The molecule has 2 N–H and O–H groups in total. The Morgan fingerprint density at radius 1 is 0.906 bits per heavy atom. The second-order valence-electron chi connectivity index (χ2n) is 7.97. The van der Waals surface area contributed by atoms with E-state index in [1.807, 2.05) is 79.7 Å². The number of aryl methyl sites for hydroxylation is 1. The normalized spacial score (nSPS) is 10.9. The third-order valence-electron chi connectivity index (χ3n) is 5.61. The fourth-order valence-corrected chi connectivity index (χ4v) is 3.75. The van der Waals surface area contributed by atoms with E-state index in [1.54, 1.807) is 10.6 Å². The second kappa shape index (κ2) is 9.62. The molecule has 0 spiro atoms. The molecule has 32 heavy (non-hydrogen) atoms. The van der Waals surface area contributed by atoms with E-state index in [0.717, 1.165) is 27.6 Å². The molecule has 0 atom stereocenters. The Balaban J connectivity index is 1.59. The number of nitrogens with one attached hydrogen (secondary N) is 1. The Morgan fingerprint density at radius 2 is 1.56 bits per heavy atom. The summed E-state index contributed by atoms with van der Waals surface area (Å²) in [5.74, 6) is -0.364. The van der Waals surface area contributed by atoms with Crippen molar-refractivity contribution in [1.82, 2.24) is 9.88 Å². The molecule has 0 unspecified atom stereocenters. The predicted molar refractivity (Wildman–Crippen MR) is 127 cm³/mol. The minimum Gasteiger partial charge on any atom is -0.392 e. The van der Waals surface area contributed by atoms with Gasteiger partial charge in [-0.15, -0.1) is 0 Å². The van der Waals surface area contributed by atoms with Gasteiger partial charge in [-0.3, -0.25) is 9.59 Å². The molecule has 1 heterocycles. The Hall–Kier alpha value is -3.70. The molecule has 4 rings (SSSR count). The summed E-state index contributed by atoms with van der Waals surface area (Å²) in [6.07, 6.45) is 0.699. The van der Waals surface area contributed by atoms with Gasteiger partial charge in [0.05, 0.1) is 18.7 Å². The highest BCUT2D eigenvalue weighted by atomic mass is 16.3. The van der Waals surface area contributed by atoms with Crippen LogP contribution in [0.5, 0.6) is 0 Å². The van der Waals surface area contributed by atoms with Crippen molar-refractivity contribution < 1.29 is 9.90 Å². The molecule has 0 aliphatic carbocycles. The van der Waals surface area contributed by atoms with E-state index in [0.29, 0.717) is 19.5 Å². The van der Waals surface area contributed by atoms with Gasteiger partial charge in [0.1, 0.15) is 5.56 Å².